The summed E-state index contributed by atoms with van der Waals surface area (Å²) in [7, 11) is 3.42. The molecule has 1 rings (SSSR count). The summed E-state index contributed by atoms with van der Waals surface area (Å²) >= 11 is 0. The van der Waals surface area contributed by atoms with Gasteiger partial charge in [0.05, 0.1) is 19.6 Å². The minimum atomic E-state index is -0.485. The molecule has 0 aliphatic rings. The minimum absolute atomic E-state index is 0.126. The van der Waals surface area contributed by atoms with Crippen LogP contribution in [-0.2, 0) is 22.1 Å². The minimum Gasteiger partial charge on any atom is -0.469 e. The first-order valence-corrected chi connectivity index (χ1v) is 5.81. The summed E-state index contributed by atoms with van der Waals surface area (Å²) in [5.41, 5.74) is -0.611. The van der Waals surface area contributed by atoms with E-state index in [1.54, 1.807) is 0 Å². The third-order valence-corrected chi connectivity index (χ3v) is 3.08. The number of rotatable bonds is 4. The molecule has 0 radical (unpaired) electrons. The van der Waals surface area contributed by atoms with E-state index >= 15 is 0 Å². The van der Waals surface area contributed by atoms with Gasteiger partial charge in [-0.3, -0.25) is 4.79 Å². The third-order valence-electron chi connectivity index (χ3n) is 3.08. The van der Waals surface area contributed by atoms with E-state index in [0.29, 0.717) is 0 Å². The third kappa shape index (κ3) is 3.08. The highest BCUT2D eigenvalue weighted by Crippen LogP contribution is 2.33. The van der Waals surface area contributed by atoms with Crippen molar-refractivity contribution in [1.29, 1.82) is 0 Å². The van der Waals surface area contributed by atoms with Crippen molar-refractivity contribution in [3.8, 4) is 0 Å². The van der Waals surface area contributed by atoms with Crippen LogP contribution >= 0.6 is 0 Å². The second-order valence-electron chi connectivity index (χ2n) is 5.85. The lowest BCUT2D eigenvalue weighted by atomic mass is 9.80. The van der Waals surface area contributed by atoms with Gasteiger partial charge < -0.3 is 4.74 Å². The molecule has 17 heavy (non-hydrogen) atoms. The van der Waals surface area contributed by atoms with Gasteiger partial charge >= 0.3 is 5.97 Å². The Kier molecular flexibility index (Phi) is 3.65. The normalized spacial score (nSPS) is 12.6. The van der Waals surface area contributed by atoms with Crippen molar-refractivity contribution in [3.05, 3.63) is 18.7 Å². The first kappa shape index (κ1) is 13.7. The lowest BCUT2D eigenvalue weighted by Crippen LogP contribution is -2.37. The largest absolute Gasteiger partial charge is 0.469 e. The maximum absolute atomic E-state index is 11.7. The number of carbonyl (C=O) groups is 1. The van der Waals surface area contributed by atoms with Gasteiger partial charge in [0.15, 0.2) is 0 Å². The summed E-state index contributed by atoms with van der Waals surface area (Å²) in [6.45, 7) is 8.09. The van der Waals surface area contributed by atoms with Crippen LogP contribution in [0, 0.1) is 5.41 Å². The van der Waals surface area contributed by atoms with Crippen molar-refractivity contribution in [2.75, 3.05) is 7.11 Å². The molecular formula is C13H23N2O2+. The predicted molar refractivity (Wildman–Crippen MR) is 65.3 cm³/mol. The van der Waals surface area contributed by atoms with Gasteiger partial charge in [-0.2, -0.15) is 0 Å². The number of hydrogen-bond donors (Lipinski definition) is 0. The molecule has 96 valence electrons. The first-order chi connectivity index (χ1) is 7.69. The van der Waals surface area contributed by atoms with Crippen molar-refractivity contribution in [3.63, 3.8) is 0 Å². The summed E-state index contributed by atoms with van der Waals surface area (Å²) in [4.78, 5) is 11.7. The molecule has 0 N–H and O–H groups in total. The van der Waals surface area contributed by atoms with E-state index in [0.717, 1.165) is 6.42 Å². The highest BCUT2D eigenvalue weighted by atomic mass is 16.5. The molecule has 0 saturated heterocycles. The zero-order valence-electron chi connectivity index (χ0n) is 11.7. The summed E-state index contributed by atoms with van der Waals surface area (Å²) in [6, 6.07) is 0. The highest BCUT2D eigenvalue weighted by molar-refractivity contribution is 5.75. The van der Waals surface area contributed by atoms with Crippen molar-refractivity contribution in [1.82, 2.24) is 4.57 Å². The molecule has 0 saturated carbocycles. The quantitative estimate of drug-likeness (QED) is 0.591. The van der Waals surface area contributed by atoms with Gasteiger partial charge in [-0.05, 0) is 27.7 Å². The lowest BCUT2D eigenvalue weighted by Gasteiger charge is -2.30. The number of hydrogen-bond acceptors (Lipinski definition) is 2. The van der Waals surface area contributed by atoms with E-state index in [2.05, 4.69) is 18.4 Å². The number of aryl methyl sites for hydroxylation is 1. The van der Waals surface area contributed by atoms with Crippen LogP contribution < -0.4 is 4.57 Å². The summed E-state index contributed by atoms with van der Waals surface area (Å²) in [6.07, 6.45) is 6.76. The molecule has 1 aromatic heterocycles. The second kappa shape index (κ2) is 4.51. The monoisotopic (exact) mass is 239 g/mol. The fourth-order valence-corrected chi connectivity index (χ4v) is 2.33. The molecule has 0 amide bonds. The zero-order chi connectivity index (χ0) is 13.3. The van der Waals surface area contributed by atoms with E-state index < -0.39 is 5.41 Å². The van der Waals surface area contributed by atoms with Crippen LogP contribution in [0.4, 0.5) is 0 Å². The molecule has 0 aliphatic carbocycles. The fraction of sp³-hybridized carbons (Fsp3) is 0.692. The Labute approximate surface area is 103 Å². The van der Waals surface area contributed by atoms with Gasteiger partial charge in [-0.15, -0.1) is 0 Å². The second-order valence-corrected chi connectivity index (χ2v) is 5.85. The smallest absolute Gasteiger partial charge is 0.311 e. The van der Waals surface area contributed by atoms with Crippen molar-refractivity contribution >= 4 is 5.97 Å². The predicted octanol–water partition coefficient (Wildman–Crippen LogP) is 1.64. The van der Waals surface area contributed by atoms with Gasteiger partial charge in [0.2, 0.25) is 6.33 Å². The molecule has 0 fully saturated rings. The van der Waals surface area contributed by atoms with E-state index in [9.17, 15) is 4.79 Å². The standard InChI is InChI=1S/C13H23N2O2/c1-12(2,11(16)17-6)9-13(3,4)15-8-7-14(5)10-15/h7-8,10H,9H2,1-6H3/q+1. The van der Waals surface area contributed by atoms with Gasteiger partial charge in [-0.1, -0.05) is 0 Å². The van der Waals surface area contributed by atoms with E-state index in [1.807, 2.05) is 44.2 Å². The first-order valence-electron chi connectivity index (χ1n) is 5.81. The van der Waals surface area contributed by atoms with Crippen LogP contribution in [0.2, 0.25) is 0 Å². The average molecular weight is 239 g/mol. The molecule has 0 bridgehead atoms. The van der Waals surface area contributed by atoms with Crippen LogP contribution in [0.15, 0.2) is 18.7 Å². The van der Waals surface area contributed by atoms with Gasteiger partial charge in [0, 0.05) is 6.42 Å². The summed E-state index contributed by atoms with van der Waals surface area (Å²) in [5, 5.41) is 0. The van der Waals surface area contributed by atoms with E-state index in [4.69, 9.17) is 4.74 Å². The molecule has 0 atom stereocenters. The molecule has 4 nitrogen and oxygen atoms in total. The molecule has 0 aliphatic heterocycles. The fourth-order valence-electron chi connectivity index (χ4n) is 2.33. The van der Waals surface area contributed by atoms with Crippen molar-refractivity contribution < 1.29 is 14.1 Å². The maximum atomic E-state index is 11.7. The van der Waals surface area contributed by atoms with Gasteiger partial charge in [-0.25, -0.2) is 9.13 Å². The Balaban J connectivity index is 2.89. The van der Waals surface area contributed by atoms with Crippen molar-refractivity contribution in [2.24, 2.45) is 12.5 Å². The van der Waals surface area contributed by atoms with E-state index in [-0.39, 0.29) is 11.5 Å². The molecule has 0 aromatic carbocycles. The number of methoxy groups -OCH3 is 1. The zero-order valence-corrected chi connectivity index (χ0v) is 11.7. The Morgan fingerprint density at radius 2 is 1.94 bits per heavy atom. The number of esters is 1. The van der Waals surface area contributed by atoms with Crippen LogP contribution in [0.3, 0.4) is 0 Å². The molecular weight excluding hydrogens is 216 g/mol. The number of ether oxygens (including phenoxy) is 1. The van der Waals surface area contributed by atoms with Gasteiger partial charge in [0.1, 0.15) is 17.9 Å². The van der Waals surface area contributed by atoms with Crippen LogP contribution in [0.5, 0.6) is 0 Å². The highest BCUT2D eigenvalue weighted by Gasteiger charge is 2.39. The SMILES string of the molecule is COC(=O)C(C)(C)CC(C)(C)n1cc[n+](C)c1. The number of imidazole rings is 1. The average Bonchev–Trinajstić information content (AvgIpc) is 2.62. The van der Waals surface area contributed by atoms with Crippen LogP contribution in [0.25, 0.3) is 0 Å². The Morgan fingerprint density at radius 3 is 2.35 bits per heavy atom. The molecule has 0 unspecified atom stereocenters. The van der Waals surface area contributed by atoms with Crippen molar-refractivity contribution in [2.45, 2.75) is 39.7 Å². The molecule has 1 heterocycles. The Bertz CT molecular complexity index is 405. The number of aromatic nitrogens is 2. The topological polar surface area (TPSA) is 35.1 Å². The molecule has 0 spiro atoms. The number of carbonyl (C=O) groups excluding carboxylic acids is 1. The lowest BCUT2D eigenvalue weighted by molar-refractivity contribution is -0.671. The molecule has 4 heteroatoms. The number of nitrogens with zero attached hydrogens (tertiary/aromatic N) is 2. The Hall–Kier alpha value is -1.32. The summed E-state index contributed by atoms with van der Waals surface area (Å²) < 4.78 is 8.96. The van der Waals surface area contributed by atoms with Crippen LogP contribution in [-0.4, -0.2) is 17.6 Å². The molecule has 1 aromatic rings. The van der Waals surface area contributed by atoms with E-state index in [1.165, 1.54) is 7.11 Å². The maximum Gasteiger partial charge on any atom is 0.311 e. The van der Waals surface area contributed by atoms with Gasteiger partial charge in [0.25, 0.3) is 0 Å². The summed E-state index contributed by atoms with van der Waals surface area (Å²) in [5.74, 6) is -0.165. The Morgan fingerprint density at radius 1 is 1.35 bits per heavy atom. The van der Waals surface area contributed by atoms with Crippen LogP contribution in [0.1, 0.15) is 34.1 Å².